The van der Waals surface area contributed by atoms with Gasteiger partial charge in [-0.05, 0) is 57.0 Å². The molecule has 1 amide bonds. The van der Waals surface area contributed by atoms with Crippen LogP contribution in [0.5, 0.6) is 0 Å². The number of fused-ring (bicyclic) bond motifs is 1. The highest BCUT2D eigenvalue weighted by Gasteiger charge is 2.16. The van der Waals surface area contributed by atoms with Crippen LogP contribution in [0.25, 0.3) is 0 Å². The number of aryl methyl sites for hydroxylation is 3. The van der Waals surface area contributed by atoms with E-state index in [9.17, 15) is 9.59 Å². The number of anilines is 2. The summed E-state index contributed by atoms with van der Waals surface area (Å²) < 4.78 is 5.07. The maximum atomic E-state index is 12.6. The number of hydrogen-bond acceptors (Lipinski definition) is 6. The molecule has 2 aromatic carbocycles. The molecule has 0 radical (unpaired) electrons. The second-order valence-corrected chi connectivity index (χ2v) is 8.35. The van der Waals surface area contributed by atoms with Crippen LogP contribution in [0.4, 0.5) is 17.1 Å². The lowest BCUT2D eigenvalue weighted by molar-refractivity contribution is -0.142. The van der Waals surface area contributed by atoms with Crippen molar-refractivity contribution in [1.82, 2.24) is 0 Å². The third-order valence-corrected chi connectivity index (χ3v) is 5.57. The van der Waals surface area contributed by atoms with Crippen molar-refractivity contribution in [2.24, 2.45) is 4.99 Å². The number of amides is 1. The van der Waals surface area contributed by atoms with E-state index >= 15 is 0 Å². The van der Waals surface area contributed by atoms with Gasteiger partial charge in [-0.25, -0.2) is 4.99 Å². The summed E-state index contributed by atoms with van der Waals surface area (Å²) in [5.41, 5.74) is 6.34. The summed E-state index contributed by atoms with van der Waals surface area (Å²) in [6.07, 6.45) is 1.91. The molecule has 1 heterocycles. The van der Waals surface area contributed by atoms with E-state index in [4.69, 9.17) is 4.74 Å². The Labute approximate surface area is 187 Å². The van der Waals surface area contributed by atoms with Crippen LogP contribution in [-0.4, -0.2) is 29.3 Å². The zero-order valence-electron chi connectivity index (χ0n) is 18.2. The highest BCUT2D eigenvalue weighted by Crippen LogP contribution is 2.31. The molecule has 0 saturated carbocycles. The Morgan fingerprint density at radius 3 is 2.55 bits per heavy atom. The predicted octanol–water partition coefficient (Wildman–Crippen LogP) is 5.28. The molecule has 7 heteroatoms. The standard InChI is InChI=1S/C24H27N3O3S/c1-5-30-23(29)13-18-12-22(26-20-9-7-6-8-19(20)25-18)31-14-21(28)27-24-16(3)10-15(2)11-17(24)4/h6-12,25H,5,13-14H2,1-4H3,(H,27,28). The molecule has 1 aliphatic heterocycles. The lowest BCUT2D eigenvalue weighted by Crippen LogP contribution is -2.17. The van der Waals surface area contributed by atoms with E-state index in [1.54, 1.807) is 13.0 Å². The molecule has 0 fully saturated rings. The summed E-state index contributed by atoms with van der Waals surface area (Å²) in [4.78, 5) is 29.3. The van der Waals surface area contributed by atoms with Crippen LogP contribution < -0.4 is 10.6 Å². The number of ether oxygens (including phenoxy) is 1. The summed E-state index contributed by atoms with van der Waals surface area (Å²) in [6, 6.07) is 11.7. The number of rotatable bonds is 6. The van der Waals surface area contributed by atoms with Crippen LogP contribution in [0, 0.1) is 20.8 Å². The van der Waals surface area contributed by atoms with Crippen LogP contribution in [0.2, 0.25) is 0 Å². The molecule has 0 aliphatic carbocycles. The number of hydrogen-bond donors (Lipinski definition) is 2. The molecule has 2 N–H and O–H groups in total. The molecule has 0 spiro atoms. The van der Waals surface area contributed by atoms with Crippen LogP contribution in [-0.2, 0) is 14.3 Å². The van der Waals surface area contributed by atoms with Gasteiger partial charge in [0.2, 0.25) is 5.91 Å². The SMILES string of the molecule is CCOC(=O)CC1=CC(SCC(=O)Nc2c(C)cc(C)cc2C)=Nc2ccccc2N1. The molecule has 2 aromatic rings. The van der Waals surface area contributed by atoms with Crippen molar-refractivity contribution in [3.63, 3.8) is 0 Å². The number of carbonyl (C=O) groups is 2. The summed E-state index contributed by atoms with van der Waals surface area (Å²) in [5.74, 6) is -0.210. The fourth-order valence-corrected chi connectivity index (χ4v) is 4.15. The normalized spacial score (nSPS) is 12.6. The first-order valence-corrected chi connectivity index (χ1v) is 11.2. The minimum absolute atomic E-state index is 0.103. The minimum Gasteiger partial charge on any atom is -0.466 e. The van der Waals surface area contributed by atoms with E-state index in [2.05, 4.69) is 27.8 Å². The predicted molar refractivity (Wildman–Crippen MR) is 128 cm³/mol. The van der Waals surface area contributed by atoms with Gasteiger partial charge in [0, 0.05) is 11.4 Å². The molecule has 3 rings (SSSR count). The quantitative estimate of drug-likeness (QED) is 0.601. The average Bonchev–Trinajstić information content (AvgIpc) is 2.87. The molecule has 6 nitrogen and oxygen atoms in total. The van der Waals surface area contributed by atoms with E-state index in [0.717, 1.165) is 28.2 Å². The van der Waals surface area contributed by atoms with Gasteiger partial charge >= 0.3 is 5.97 Å². The van der Waals surface area contributed by atoms with Crippen molar-refractivity contribution in [2.45, 2.75) is 34.1 Å². The zero-order chi connectivity index (χ0) is 22.4. The van der Waals surface area contributed by atoms with E-state index in [0.29, 0.717) is 17.3 Å². The van der Waals surface area contributed by atoms with Crippen molar-refractivity contribution in [3.8, 4) is 0 Å². The lowest BCUT2D eigenvalue weighted by Gasteiger charge is -2.12. The Morgan fingerprint density at radius 2 is 1.84 bits per heavy atom. The van der Waals surface area contributed by atoms with Crippen LogP contribution >= 0.6 is 11.8 Å². The summed E-state index contributed by atoms with van der Waals surface area (Å²) in [7, 11) is 0. The number of benzene rings is 2. The Morgan fingerprint density at radius 1 is 1.13 bits per heavy atom. The maximum absolute atomic E-state index is 12.6. The van der Waals surface area contributed by atoms with E-state index in [-0.39, 0.29) is 24.1 Å². The van der Waals surface area contributed by atoms with Gasteiger partial charge in [-0.1, -0.05) is 41.6 Å². The molecule has 0 atom stereocenters. The molecule has 0 aromatic heterocycles. The molecule has 1 aliphatic rings. The van der Waals surface area contributed by atoms with Crippen molar-refractivity contribution < 1.29 is 14.3 Å². The Hall–Kier alpha value is -3.06. The number of para-hydroxylation sites is 2. The van der Waals surface area contributed by atoms with Crippen LogP contribution in [0.1, 0.15) is 30.0 Å². The molecule has 162 valence electrons. The highest BCUT2D eigenvalue weighted by molar-refractivity contribution is 8.14. The van der Waals surface area contributed by atoms with Crippen molar-refractivity contribution in [1.29, 1.82) is 0 Å². The third-order valence-electron chi connectivity index (χ3n) is 4.66. The van der Waals surface area contributed by atoms with E-state index in [1.807, 2.05) is 45.0 Å². The molecule has 31 heavy (non-hydrogen) atoms. The van der Waals surface area contributed by atoms with Crippen molar-refractivity contribution >= 4 is 45.7 Å². The summed E-state index contributed by atoms with van der Waals surface area (Å²) in [5, 5.41) is 6.93. The van der Waals surface area contributed by atoms with E-state index in [1.165, 1.54) is 17.3 Å². The first-order chi connectivity index (χ1) is 14.9. The second-order valence-electron chi connectivity index (χ2n) is 7.35. The van der Waals surface area contributed by atoms with Gasteiger partial charge in [-0.15, -0.1) is 0 Å². The number of nitrogens with zero attached hydrogens (tertiary/aromatic N) is 1. The maximum Gasteiger partial charge on any atom is 0.311 e. The second kappa shape index (κ2) is 10.3. The molecular weight excluding hydrogens is 410 g/mol. The van der Waals surface area contributed by atoms with Gasteiger partial charge in [-0.2, -0.15) is 0 Å². The first kappa shape index (κ1) is 22.6. The van der Waals surface area contributed by atoms with E-state index < -0.39 is 0 Å². The topological polar surface area (TPSA) is 79.8 Å². The smallest absolute Gasteiger partial charge is 0.311 e. The number of nitrogens with one attached hydrogen (secondary N) is 2. The molecule has 0 bridgehead atoms. The number of carbonyl (C=O) groups excluding carboxylic acids is 2. The summed E-state index contributed by atoms with van der Waals surface area (Å²) in [6.45, 7) is 8.13. The van der Waals surface area contributed by atoms with Gasteiger partial charge in [0.05, 0.1) is 35.2 Å². The Balaban J connectivity index is 1.74. The largest absolute Gasteiger partial charge is 0.466 e. The van der Waals surface area contributed by atoms with Gasteiger partial charge in [-0.3, -0.25) is 9.59 Å². The van der Waals surface area contributed by atoms with Crippen LogP contribution in [0.15, 0.2) is 53.2 Å². The monoisotopic (exact) mass is 437 g/mol. The van der Waals surface area contributed by atoms with Gasteiger partial charge < -0.3 is 15.4 Å². The number of esters is 1. The van der Waals surface area contributed by atoms with Crippen molar-refractivity contribution in [2.75, 3.05) is 23.0 Å². The Bertz CT molecular complexity index is 1040. The highest BCUT2D eigenvalue weighted by atomic mass is 32.2. The van der Waals surface area contributed by atoms with Gasteiger partial charge in [0.1, 0.15) is 0 Å². The average molecular weight is 438 g/mol. The Kier molecular flexibility index (Phi) is 7.52. The summed E-state index contributed by atoms with van der Waals surface area (Å²) >= 11 is 1.33. The first-order valence-electron chi connectivity index (χ1n) is 10.2. The van der Waals surface area contributed by atoms with Gasteiger partial charge in [0.15, 0.2) is 0 Å². The fourth-order valence-electron chi connectivity index (χ4n) is 3.41. The van der Waals surface area contributed by atoms with Crippen molar-refractivity contribution in [3.05, 3.63) is 64.9 Å². The molecule has 0 unspecified atom stereocenters. The molecule has 0 saturated heterocycles. The van der Waals surface area contributed by atoms with Gasteiger partial charge in [0.25, 0.3) is 0 Å². The zero-order valence-corrected chi connectivity index (χ0v) is 19.1. The number of aliphatic imine (C=N–C) groups is 1. The van der Waals surface area contributed by atoms with Crippen LogP contribution in [0.3, 0.4) is 0 Å². The minimum atomic E-state index is -0.312. The number of thioether (sulfide) groups is 1. The third kappa shape index (κ3) is 6.21. The molecular formula is C24H27N3O3S. The lowest BCUT2D eigenvalue weighted by atomic mass is 10.1. The fraction of sp³-hybridized carbons (Fsp3) is 0.292.